The highest BCUT2D eigenvalue weighted by atomic mass is 16.7. The standard InChI is InChI=1S/C25H32N4O7/c1-25(2,3)35-23(33)27-13-14-28-19(16-27)21(31)29(22(28)32)36-24(34)26-11-9-18(10-12-26)20(30)15-17-7-5-4-6-8-17/h4-8,18-19H,9-16H2,1-3H3. The number of hydrogen-bond acceptors (Lipinski definition) is 7. The van der Waals surface area contributed by atoms with Crippen molar-refractivity contribution in [2.24, 2.45) is 5.92 Å². The van der Waals surface area contributed by atoms with E-state index in [4.69, 9.17) is 9.57 Å². The molecule has 3 saturated heterocycles. The second-order valence-electron chi connectivity index (χ2n) is 10.3. The van der Waals surface area contributed by atoms with Crippen molar-refractivity contribution >= 4 is 29.9 Å². The number of urea groups is 1. The van der Waals surface area contributed by atoms with Gasteiger partial charge in [0.2, 0.25) is 0 Å². The van der Waals surface area contributed by atoms with Gasteiger partial charge in [0.05, 0.1) is 6.54 Å². The number of amides is 5. The number of Topliss-reactive ketones (excluding diaryl/α,β-unsaturated/α-hetero) is 1. The van der Waals surface area contributed by atoms with Gasteiger partial charge in [0.15, 0.2) is 0 Å². The summed E-state index contributed by atoms with van der Waals surface area (Å²) in [5.41, 5.74) is 0.266. The first-order chi connectivity index (χ1) is 17.0. The van der Waals surface area contributed by atoms with E-state index in [9.17, 15) is 24.0 Å². The summed E-state index contributed by atoms with van der Waals surface area (Å²) in [6.07, 6.45) is -0.0496. The van der Waals surface area contributed by atoms with E-state index in [-0.39, 0.29) is 31.3 Å². The summed E-state index contributed by atoms with van der Waals surface area (Å²) in [6, 6.07) is 7.84. The maximum Gasteiger partial charge on any atom is 0.434 e. The molecule has 3 heterocycles. The lowest BCUT2D eigenvalue weighted by atomic mass is 9.89. The normalized spacial score (nSPS) is 20.9. The summed E-state index contributed by atoms with van der Waals surface area (Å²) in [7, 11) is 0. The third kappa shape index (κ3) is 5.60. The summed E-state index contributed by atoms with van der Waals surface area (Å²) in [5, 5.41) is 0.484. The van der Waals surface area contributed by atoms with Gasteiger partial charge in [-0.2, -0.15) is 0 Å². The number of rotatable bonds is 4. The second-order valence-corrected chi connectivity index (χ2v) is 10.3. The SMILES string of the molecule is CC(C)(C)OC(=O)N1CCN2C(=O)N(OC(=O)N3CCC(C(=O)Cc4ccccc4)CC3)C(=O)C2C1. The van der Waals surface area contributed by atoms with Gasteiger partial charge in [-0.05, 0) is 39.2 Å². The molecule has 11 nitrogen and oxygen atoms in total. The number of likely N-dealkylation sites (tertiary alicyclic amines) is 1. The Morgan fingerprint density at radius 3 is 2.22 bits per heavy atom. The molecule has 1 aromatic carbocycles. The van der Waals surface area contributed by atoms with E-state index in [2.05, 4.69) is 0 Å². The van der Waals surface area contributed by atoms with Crippen molar-refractivity contribution in [3.8, 4) is 0 Å². The summed E-state index contributed by atoms with van der Waals surface area (Å²) in [4.78, 5) is 72.6. The summed E-state index contributed by atoms with van der Waals surface area (Å²) in [5.74, 6) is -0.725. The minimum Gasteiger partial charge on any atom is -0.444 e. The van der Waals surface area contributed by atoms with Crippen LogP contribution in [0.25, 0.3) is 0 Å². The minimum absolute atomic E-state index is 0.0392. The van der Waals surface area contributed by atoms with Crippen molar-refractivity contribution in [3.63, 3.8) is 0 Å². The van der Waals surface area contributed by atoms with Crippen LogP contribution >= 0.6 is 0 Å². The number of carbonyl (C=O) groups excluding carboxylic acids is 5. The van der Waals surface area contributed by atoms with Gasteiger partial charge < -0.3 is 24.3 Å². The minimum atomic E-state index is -0.937. The van der Waals surface area contributed by atoms with Gasteiger partial charge in [0.25, 0.3) is 5.91 Å². The van der Waals surface area contributed by atoms with Crippen molar-refractivity contribution in [1.29, 1.82) is 0 Å². The number of nitrogens with zero attached hydrogens (tertiary/aromatic N) is 4. The van der Waals surface area contributed by atoms with E-state index in [0.29, 0.717) is 37.4 Å². The Morgan fingerprint density at radius 2 is 1.58 bits per heavy atom. The first kappa shape index (κ1) is 25.5. The molecule has 3 aliphatic rings. The number of benzene rings is 1. The maximum absolute atomic E-state index is 12.9. The predicted octanol–water partition coefficient (Wildman–Crippen LogP) is 2.45. The number of ketones is 1. The van der Waals surface area contributed by atoms with E-state index >= 15 is 0 Å². The Hall–Kier alpha value is -3.63. The zero-order valence-electron chi connectivity index (χ0n) is 20.8. The fourth-order valence-corrected chi connectivity index (χ4v) is 4.61. The number of imide groups is 1. The number of piperidine rings is 1. The van der Waals surface area contributed by atoms with Gasteiger partial charge in [0, 0.05) is 38.5 Å². The molecule has 0 aromatic heterocycles. The Labute approximate surface area is 209 Å². The number of ether oxygens (including phenoxy) is 1. The van der Waals surface area contributed by atoms with Crippen molar-refractivity contribution in [3.05, 3.63) is 35.9 Å². The van der Waals surface area contributed by atoms with Crippen molar-refractivity contribution < 1.29 is 33.5 Å². The number of hydrogen-bond donors (Lipinski definition) is 0. The van der Waals surface area contributed by atoms with E-state index < -0.39 is 35.8 Å². The van der Waals surface area contributed by atoms with Crippen LogP contribution in [0.1, 0.15) is 39.2 Å². The van der Waals surface area contributed by atoms with E-state index in [1.165, 1.54) is 14.7 Å². The molecule has 1 aromatic rings. The van der Waals surface area contributed by atoms with Crippen LogP contribution in [0.4, 0.5) is 14.4 Å². The zero-order chi connectivity index (χ0) is 26.0. The first-order valence-corrected chi connectivity index (χ1v) is 12.2. The van der Waals surface area contributed by atoms with Crippen LogP contribution in [0.15, 0.2) is 30.3 Å². The quantitative estimate of drug-likeness (QED) is 0.583. The van der Waals surface area contributed by atoms with Crippen LogP contribution in [0, 0.1) is 5.92 Å². The molecule has 0 saturated carbocycles. The van der Waals surface area contributed by atoms with Crippen LogP contribution in [-0.2, 0) is 25.6 Å². The second kappa shape index (κ2) is 10.2. The van der Waals surface area contributed by atoms with Gasteiger partial charge in [-0.1, -0.05) is 35.4 Å². The van der Waals surface area contributed by atoms with Crippen LogP contribution in [0.2, 0.25) is 0 Å². The lowest BCUT2D eigenvalue weighted by Crippen LogP contribution is -2.55. The van der Waals surface area contributed by atoms with Crippen molar-refractivity contribution in [2.75, 3.05) is 32.7 Å². The van der Waals surface area contributed by atoms with Gasteiger partial charge in [-0.3, -0.25) is 9.59 Å². The molecule has 3 aliphatic heterocycles. The molecule has 5 amide bonds. The van der Waals surface area contributed by atoms with Crippen LogP contribution in [-0.4, -0.2) is 94.0 Å². The Balaban J connectivity index is 1.29. The number of fused-ring (bicyclic) bond motifs is 1. The fraction of sp³-hybridized carbons (Fsp3) is 0.560. The number of piperazine rings is 1. The van der Waals surface area contributed by atoms with Gasteiger partial charge >= 0.3 is 18.2 Å². The molecule has 1 unspecified atom stereocenters. The summed E-state index contributed by atoms with van der Waals surface area (Å²) < 4.78 is 5.36. The summed E-state index contributed by atoms with van der Waals surface area (Å²) >= 11 is 0. The molecule has 11 heteroatoms. The van der Waals surface area contributed by atoms with Crippen LogP contribution in [0.5, 0.6) is 0 Å². The molecular weight excluding hydrogens is 468 g/mol. The first-order valence-electron chi connectivity index (χ1n) is 12.2. The average molecular weight is 501 g/mol. The average Bonchev–Trinajstić information content (AvgIpc) is 3.08. The molecule has 1 atom stereocenters. The van der Waals surface area contributed by atoms with Crippen molar-refractivity contribution in [2.45, 2.75) is 51.7 Å². The summed E-state index contributed by atoms with van der Waals surface area (Å²) in [6.45, 7) is 6.11. The highest BCUT2D eigenvalue weighted by Crippen LogP contribution is 2.25. The molecule has 0 spiro atoms. The van der Waals surface area contributed by atoms with Crippen LogP contribution < -0.4 is 0 Å². The Bertz CT molecular complexity index is 1030. The number of hydroxylamine groups is 2. The molecule has 0 N–H and O–H groups in total. The van der Waals surface area contributed by atoms with Crippen LogP contribution in [0.3, 0.4) is 0 Å². The van der Waals surface area contributed by atoms with Gasteiger partial charge in [-0.15, -0.1) is 0 Å². The maximum atomic E-state index is 12.9. The van der Waals surface area contributed by atoms with Gasteiger partial charge in [-0.25, -0.2) is 14.4 Å². The Kier molecular flexibility index (Phi) is 7.18. The molecule has 4 rings (SSSR count). The zero-order valence-corrected chi connectivity index (χ0v) is 20.8. The topological polar surface area (TPSA) is 117 Å². The molecule has 0 bridgehead atoms. The van der Waals surface area contributed by atoms with E-state index in [1.807, 2.05) is 30.3 Å². The van der Waals surface area contributed by atoms with E-state index in [1.54, 1.807) is 20.8 Å². The fourth-order valence-electron chi connectivity index (χ4n) is 4.61. The third-order valence-electron chi connectivity index (χ3n) is 6.54. The largest absolute Gasteiger partial charge is 0.444 e. The smallest absolute Gasteiger partial charge is 0.434 e. The molecule has 0 aliphatic carbocycles. The highest BCUT2D eigenvalue weighted by Gasteiger charge is 2.51. The van der Waals surface area contributed by atoms with Gasteiger partial charge in [0.1, 0.15) is 17.4 Å². The Morgan fingerprint density at radius 1 is 0.917 bits per heavy atom. The predicted molar refractivity (Wildman–Crippen MR) is 126 cm³/mol. The molecule has 3 fully saturated rings. The number of carbonyl (C=O) groups is 5. The molecule has 36 heavy (non-hydrogen) atoms. The lowest BCUT2D eigenvalue weighted by molar-refractivity contribution is -0.152. The molecule has 194 valence electrons. The molecular formula is C25H32N4O7. The molecule has 0 radical (unpaired) electrons. The van der Waals surface area contributed by atoms with E-state index in [0.717, 1.165) is 5.56 Å². The van der Waals surface area contributed by atoms with Crippen molar-refractivity contribution in [1.82, 2.24) is 19.8 Å². The monoisotopic (exact) mass is 500 g/mol. The third-order valence-corrected chi connectivity index (χ3v) is 6.54. The lowest BCUT2D eigenvalue weighted by Gasteiger charge is -2.35. The highest BCUT2D eigenvalue weighted by molar-refractivity contribution is 6.04.